The molecule has 0 fully saturated rings. The molecule has 5 heteroatoms. The monoisotopic (exact) mass is 404 g/mol. The van der Waals surface area contributed by atoms with Gasteiger partial charge in [0.25, 0.3) is 5.56 Å². The number of aryl methyl sites for hydroxylation is 2. The first kappa shape index (κ1) is 17.7. The number of thioether (sulfide) groups is 1. The Morgan fingerprint density at radius 1 is 1.07 bits per heavy atom. The van der Waals surface area contributed by atoms with E-state index in [-0.39, 0.29) is 5.56 Å². The molecule has 0 saturated carbocycles. The molecule has 0 aliphatic heterocycles. The molecule has 0 unspecified atom stereocenters. The van der Waals surface area contributed by atoms with E-state index in [1.54, 1.807) is 23.1 Å². The summed E-state index contributed by atoms with van der Waals surface area (Å²) >= 11 is 3.31. The number of thiophene rings is 1. The van der Waals surface area contributed by atoms with Gasteiger partial charge in [-0.3, -0.25) is 9.36 Å². The third kappa shape index (κ3) is 2.90. The van der Waals surface area contributed by atoms with Crippen LogP contribution < -0.4 is 5.56 Å². The summed E-state index contributed by atoms with van der Waals surface area (Å²) in [5, 5.41) is 1.64. The van der Waals surface area contributed by atoms with Crippen LogP contribution >= 0.6 is 23.1 Å². The van der Waals surface area contributed by atoms with Gasteiger partial charge in [0.2, 0.25) is 0 Å². The van der Waals surface area contributed by atoms with E-state index in [0.717, 1.165) is 39.5 Å². The number of hydrogen-bond acceptors (Lipinski definition) is 4. The van der Waals surface area contributed by atoms with Gasteiger partial charge in [-0.1, -0.05) is 73.3 Å². The Morgan fingerprint density at radius 3 is 2.68 bits per heavy atom. The molecular weight excluding hydrogens is 384 g/mol. The molecule has 0 spiro atoms. The Kier molecular flexibility index (Phi) is 4.57. The largest absolute Gasteiger partial charge is 0.283 e. The minimum Gasteiger partial charge on any atom is -0.283 e. The summed E-state index contributed by atoms with van der Waals surface area (Å²) in [6.07, 6.45) is 1.90. The molecule has 4 aromatic rings. The number of benzene rings is 2. The quantitative estimate of drug-likeness (QED) is 0.338. The minimum absolute atomic E-state index is 0.0988. The zero-order valence-corrected chi connectivity index (χ0v) is 17.3. The molecule has 2 aromatic carbocycles. The molecule has 0 N–H and O–H groups in total. The van der Waals surface area contributed by atoms with Crippen molar-refractivity contribution >= 4 is 33.3 Å². The van der Waals surface area contributed by atoms with Gasteiger partial charge in [0.1, 0.15) is 4.83 Å². The highest BCUT2D eigenvalue weighted by Gasteiger charge is 2.25. The maximum atomic E-state index is 13.6. The van der Waals surface area contributed by atoms with Crippen LogP contribution in [0.3, 0.4) is 0 Å². The molecule has 140 valence electrons. The molecule has 1 aliphatic rings. The summed E-state index contributed by atoms with van der Waals surface area (Å²) in [5.41, 5.74) is 5.05. The van der Waals surface area contributed by atoms with E-state index in [9.17, 15) is 4.79 Å². The molecule has 28 heavy (non-hydrogen) atoms. The van der Waals surface area contributed by atoms with Crippen molar-refractivity contribution in [3.05, 3.63) is 81.6 Å². The van der Waals surface area contributed by atoms with Crippen LogP contribution in [0.25, 0.3) is 20.7 Å². The summed E-state index contributed by atoms with van der Waals surface area (Å²) < 4.78 is 1.86. The van der Waals surface area contributed by atoms with E-state index in [0.29, 0.717) is 6.54 Å². The molecule has 3 nitrogen and oxygen atoms in total. The van der Waals surface area contributed by atoms with Crippen LogP contribution in [0.5, 0.6) is 0 Å². The zero-order chi connectivity index (χ0) is 19.1. The smallest absolute Gasteiger partial charge is 0.263 e. The summed E-state index contributed by atoms with van der Waals surface area (Å²) in [6.45, 7) is 2.66. The zero-order valence-electron chi connectivity index (χ0n) is 15.6. The summed E-state index contributed by atoms with van der Waals surface area (Å²) in [5.74, 6) is 0.890. The second kappa shape index (κ2) is 7.22. The number of rotatable bonds is 4. The molecule has 0 saturated heterocycles. The van der Waals surface area contributed by atoms with Crippen molar-refractivity contribution in [2.75, 3.05) is 5.75 Å². The Bertz CT molecular complexity index is 1220. The second-order valence-corrected chi connectivity index (χ2v) is 9.18. The molecule has 0 bridgehead atoms. The Hall–Kier alpha value is -2.37. The highest BCUT2D eigenvalue weighted by atomic mass is 32.2. The van der Waals surface area contributed by atoms with Gasteiger partial charge in [-0.15, -0.1) is 11.3 Å². The lowest BCUT2D eigenvalue weighted by Gasteiger charge is -2.16. The van der Waals surface area contributed by atoms with Crippen LogP contribution in [-0.2, 0) is 19.4 Å². The van der Waals surface area contributed by atoms with Gasteiger partial charge in [-0.2, -0.15) is 0 Å². The lowest BCUT2D eigenvalue weighted by atomic mass is 9.90. The van der Waals surface area contributed by atoms with Crippen LogP contribution in [0.1, 0.15) is 23.6 Å². The fourth-order valence-electron chi connectivity index (χ4n) is 3.94. The Labute approximate surface area is 172 Å². The number of nitrogens with zero attached hydrogens (tertiary/aromatic N) is 2. The van der Waals surface area contributed by atoms with Gasteiger partial charge >= 0.3 is 0 Å². The van der Waals surface area contributed by atoms with Crippen molar-refractivity contribution in [1.29, 1.82) is 0 Å². The third-order valence-electron chi connectivity index (χ3n) is 5.24. The molecule has 5 rings (SSSR count). The summed E-state index contributed by atoms with van der Waals surface area (Å²) in [7, 11) is 0. The normalized spacial score (nSPS) is 12.8. The van der Waals surface area contributed by atoms with E-state index < -0.39 is 0 Å². The van der Waals surface area contributed by atoms with Gasteiger partial charge in [0.05, 0.1) is 11.9 Å². The topological polar surface area (TPSA) is 34.9 Å². The van der Waals surface area contributed by atoms with Crippen molar-refractivity contribution in [1.82, 2.24) is 9.55 Å². The van der Waals surface area contributed by atoms with E-state index >= 15 is 0 Å². The predicted molar refractivity (Wildman–Crippen MR) is 119 cm³/mol. The van der Waals surface area contributed by atoms with Crippen LogP contribution in [0, 0.1) is 0 Å². The van der Waals surface area contributed by atoms with Crippen LogP contribution in [-0.4, -0.2) is 15.3 Å². The molecule has 0 atom stereocenters. The first-order valence-corrected chi connectivity index (χ1v) is 11.4. The molecule has 2 heterocycles. The standard InChI is InChI=1S/C23H20N2OS2/c1-2-27-23-24-21-19(22(26)25(23)14-15-8-4-3-5-9-15)18-13-12-16-10-6-7-11-17(16)20(18)28-21/h3-11H,2,12-14H2,1H3. The fourth-order valence-corrected chi connectivity index (χ4v) is 5.99. The van der Waals surface area contributed by atoms with Crippen LogP contribution in [0.2, 0.25) is 0 Å². The fraction of sp³-hybridized carbons (Fsp3) is 0.217. The minimum atomic E-state index is 0.0988. The van der Waals surface area contributed by atoms with E-state index in [4.69, 9.17) is 4.98 Å². The van der Waals surface area contributed by atoms with Crippen molar-refractivity contribution < 1.29 is 0 Å². The first-order chi connectivity index (χ1) is 13.8. The number of fused-ring (bicyclic) bond motifs is 5. The molecule has 0 amide bonds. The predicted octanol–water partition coefficient (Wildman–Crippen LogP) is 5.38. The Morgan fingerprint density at radius 2 is 1.86 bits per heavy atom. The van der Waals surface area contributed by atoms with Crippen molar-refractivity contribution in [2.24, 2.45) is 0 Å². The van der Waals surface area contributed by atoms with Crippen LogP contribution in [0.15, 0.2) is 64.5 Å². The van der Waals surface area contributed by atoms with Gasteiger partial charge in [-0.05, 0) is 40.8 Å². The average Bonchev–Trinajstić information content (AvgIpc) is 3.11. The van der Waals surface area contributed by atoms with Crippen molar-refractivity contribution in [3.8, 4) is 10.4 Å². The number of aromatic nitrogens is 2. The first-order valence-electron chi connectivity index (χ1n) is 9.57. The van der Waals surface area contributed by atoms with Gasteiger partial charge in [0.15, 0.2) is 5.16 Å². The van der Waals surface area contributed by atoms with Crippen LogP contribution in [0.4, 0.5) is 0 Å². The highest BCUT2D eigenvalue weighted by molar-refractivity contribution is 7.99. The maximum Gasteiger partial charge on any atom is 0.263 e. The Balaban J connectivity index is 1.74. The molecular formula is C23H20N2OS2. The van der Waals surface area contributed by atoms with Gasteiger partial charge in [-0.25, -0.2) is 4.98 Å². The van der Waals surface area contributed by atoms with Gasteiger partial charge in [0, 0.05) is 4.88 Å². The summed E-state index contributed by atoms with van der Waals surface area (Å²) in [6, 6.07) is 18.7. The van der Waals surface area contributed by atoms with E-state index in [1.165, 1.54) is 21.6 Å². The SMILES string of the molecule is CCSc1nc2sc3c(c2c(=O)n1Cc1ccccc1)CCc1ccccc1-3. The van der Waals surface area contributed by atoms with E-state index in [1.807, 2.05) is 22.8 Å². The lowest BCUT2D eigenvalue weighted by Crippen LogP contribution is -2.24. The molecule has 1 aliphatic carbocycles. The average molecular weight is 405 g/mol. The van der Waals surface area contributed by atoms with Crippen molar-refractivity contribution in [3.63, 3.8) is 0 Å². The highest BCUT2D eigenvalue weighted by Crippen LogP contribution is 2.42. The third-order valence-corrected chi connectivity index (χ3v) is 7.26. The number of hydrogen-bond donors (Lipinski definition) is 0. The summed E-state index contributed by atoms with van der Waals surface area (Å²) in [4.78, 5) is 20.6. The molecule has 0 radical (unpaired) electrons. The second-order valence-electron chi connectivity index (χ2n) is 6.95. The van der Waals surface area contributed by atoms with Gasteiger partial charge < -0.3 is 0 Å². The maximum absolute atomic E-state index is 13.6. The van der Waals surface area contributed by atoms with E-state index in [2.05, 4.69) is 43.3 Å². The lowest BCUT2D eigenvalue weighted by molar-refractivity contribution is 0.659. The molecule has 2 aromatic heterocycles. The van der Waals surface area contributed by atoms with Crippen molar-refractivity contribution in [2.45, 2.75) is 31.5 Å².